The van der Waals surface area contributed by atoms with Crippen LogP contribution in [0, 0.1) is 0 Å². The summed E-state index contributed by atoms with van der Waals surface area (Å²) < 4.78 is 4.95. The molecule has 0 aliphatic rings. The van der Waals surface area contributed by atoms with Crippen LogP contribution in [-0.2, 0) is 4.79 Å². The van der Waals surface area contributed by atoms with E-state index in [9.17, 15) is 4.79 Å². The van der Waals surface area contributed by atoms with Crippen molar-refractivity contribution in [3.8, 4) is 5.75 Å². The Morgan fingerprint density at radius 1 is 1.36 bits per heavy atom. The minimum atomic E-state index is -0.948. The van der Waals surface area contributed by atoms with E-state index in [0.717, 1.165) is 17.4 Å². The van der Waals surface area contributed by atoms with Gasteiger partial charge in [-0.3, -0.25) is 0 Å². The van der Waals surface area contributed by atoms with Gasteiger partial charge in [-0.05, 0) is 23.8 Å². The van der Waals surface area contributed by atoms with Gasteiger partial charge in [-0.1, -0.05) is 12.1 Å². The zero-order chi connectivity index (χ0) is 9.68. The second-order valence-electron chi connectivity index (χ2n) is 2.44. The van der Waals surface area contributed by atoms with Crippen molar-refractivity contribution in [2.45, 2.75) is 0 Å². The molecule has 0 saturated carbocycles. The van der Waals surface area contributed by atoms with Crippen LogP contribution in [0.5, 0.6) is 5.75 Å². The standard InChI is InChI=1S/C10H10O3.K.H/c1-13-9-5-2-8(3-6-9)4-7-10(11)12;;/h2-7H,1H3,(H,11,12);;. The molecule has 0 heterocycles. The molecule has 1 rings (SSSR count). The van der Waals surface area contributed by atoms with Crippen molar-refractivity contribution in [2.75, 3.05) is 7.11 Å². The quantitative estimate of drug-likeness (QED) is 0.611. The molecule has 70 valence electrons. The zero-order valence-electron chi connectivity index (χ0n) is 7.23. The molecule has 4 heteroatoms. The van der Waals surface area contributed by atoms with E-state index in [-0.39, 0.29) is 51.4 Å². The Kier molecular flexibility index (Phi) is 7.13. The molecule has 0 amide bonds. The second-order valence-corrected chi connectivity index (χ2v) is 2.44. The van der Waals surface area contributed by atoms with E-state index in [2.05, 4.69) is 0 Å². The predicted octanol–water partition coefficient (Wildman–Crippen LogP) is 1.14. The van der Waals surface area contributed by atoms with Crippen LogP contribution in [0.25, 0.3) is 6.08 Å². The number of rotatable bonds is 3. The van der Waals surface area contributed by atoms with Crippen LogP contribution < -0.4 is 4.74 Å². The topological polar surface area (TPSA) is 46.5 Å². The molecule has 0 bridgehead atoms. The van der Waals surface area contributed by atoms with E-state index >= 15 is 0 Å². The molecule has 0 unspecified atom stereocenters. The monoisotopic (exact) mass is 218 g/mol. The zero-order valence-corrected chi connectivity index (χ0v) is 7.23. The van der Waals surface area contributed by atoms with Gasteiger partial charge < -0.3 is 9.84 Å². The molecule has 1 N–H and O–H groups in total. The molecule has 0 aliphatic carbocycles. The number of aliphatic carboxylic acids is 1. The Morgan fingerprint density at radius 3 is 2.36 bits per heavy atom. The summed E-state index contributed by atoms with van der Waals surface area (Å²) in [5.41, 5.74) is 0.836. The molecule has 0 fully saturated rings. The molecule has 0 aliphatic heterocycles. The first-order valence-electron chi connectivity index (χ1n) is 3.77. The van der Waals surface area contributed by atoms with Crippen LogP contribution in [0.3, 0.4) is 0 Å². The van der Waals surface area contributed by atoms with Crippen molar-refractivity contribution in [3.63, 3.8) is 0 Å². The number of ether oxygens (including phenoxy) is 1. The molecular weight excluding hydrogens is 207 g/mol. The van der Waals surface area contributed by atoms with Gasteiger partial charge in [0.15, 0.2) is 0 Å². The minimum absolute atomic E-state index is 0. The van der Waals surface area contributed by atoms with E-state index in [4.69, 9.17) is 9.84 Å². The van der Waals surface area contributed by atoms with Crippen LogP contribution in [0.15, 0.2) is 30.3 Å². The maximum absolute atomic E-state index is 10.2. The summed E-state index contributed by atoms with van der Waals surface area (Å²) in [7, 11) is 1.59. The molecule has 3 nitrogen and oxygen atoms in total. The molecule has 0 atom stereocenters. The van der Waals surface area contributed by atoms with Crippen molar-refractivity contribution in [1.29, 1.82) is 0 Å². The van der Waals surface area contributed by atoms with Gasteiger partial charge >= 0.3 is 57.4 Å². The fourth-order valence-corrected chi connectivity index (χ4v) is 0.883. The third-order valence-corrected chi connectivity index (χ3v) is 1.53. The van der Waals surface area contributed by atoms with E-state index in [1.807, 2.05) is 0 Å². The van der Waals surface area contributed by atoms with Crippen LogP contribution >= 0.6 is 0 Å². The molecule has 1 aromatic carbocycles. The number of benzene rings is 1. The Hall–Kier alpha value is -0.134. The van der Waals surface area contributed by atoms with Crippen molar-refractivity contribution >= 4 is 63.4 Å². The summed E-state index contributed by atoms with van der Waals surface area (Å²) in [5, 5.41) is 8.36. The van der Waals surface area contributed by atoms with Gasteiger partial charge in [0.25, 0.3) is 0 Å². The van der Waals surface area contributed by atoms with E-state index in [1.54, 1.807) is 31.4 Å². The van der Waals surface area contributed by atoms with Crippen LogP contribution in [-0.4, -0.2) is 69.6 Å². The Balaban J connectivity index is 0.00000169. The number of carbonyl (C=O) groups is 1. The maximum atomic E-state index is 10.2. The molecule has 0 spiro atoms. The number of methoxy groups -OCH3 is 1. The third kappa shape index (κ3) is 4.93. The average Bonchev–Trinajstić information content (AvgIpc) is 2.15. The Labute approximate surface area is 125 Å². The summed E-state index contributed by atoms with van der Waals surface area (Å²) >= 11 is 0. The van der Waals surface area contributed by atoms with Gasteiger partial charge in [-0.2, -0.15) is 0 Å². The van der Waals surface area contributed by atoms with Crippen molar-refractivity contribution < 1.29 is 14.6 Å². The summed E-state index contributed by atoms with van der Waals surface area (Å²) in [5.74, 6) is -0.191. The van der Waals surface area contributed by atoms with Crippen LogP contribution in [0.1, 0.15) is 5.56 Å². The van der Waals surface area contributed by atoms with Crippen molar-refractivity contribution in [3.05, 3.63) is 35.9 Å². The number of hydrogen-bond donors (Lipinski definition) is 1. The Morgan fingerprint density at radius 2 is 1.93 bits per heavy atom. The van der Waals surface area contributed by atoms with Crippen LogP contribution in [0.4, 0.5) is 0 Å². The fraction of sp³-hybridized carbons (Fsp3) is 0.100. The fourth-order valence-electron chi connectivity index (χ4n) is 0.883. The summed E-state index contributed by atoms with van der Waals surface area (Å²) in [6.07, 6.45) is 2.63. The van der Waals surface area contributed by atoms with Crippen LogP contribution in [0.2, 0.25) is 0 Å². The molecule has 0 saturated heterocycles. The first-order chi connectivity index (χ1) is 6.22. The molecular formula is C10H11KO3. The molecule has 0 aromatic heterocycles. The first kappa shape index (κ1) is 13.9. The number of hydrogen-bond acceptors (Lipinski definition) is 2. The first-order valence-corrected chi connectivity index (χ1v) is 3.77. The normalized spacial score (nSPS) is 9.50. The number of carboxylic acids is 1. The Bertz CT molecular complexity index is 317. The third-order valence-electron chi connectivity index (χ3n) is 1.53. The van der Waals surface area contributed by atoms with Gasteiger partial charge in [-0.15, -0.1) is 0 Å². The number of carboxylic acid groups (broad SMARTS) is 1. The van der Waals surface area contributed by atoms with E-state index in [0.29, 0.717) is 0 Å². The molecule has 0 radical (unpaired) electrons. The average molecular weight is 218 g/mol. The van der Waals surface area contributed by atoms with E-state index in [1.165, 1.54) is 6.08 Å². The molecule has 14 heavy (non-hydrogen) atoms. The van der Waals surface area contributed by atoms with Crippen molar-refractivity contribution in [2.24, 2.45) is 0 Å². The predicted molar refractivity (Wildman–Crippen MR) is 56.8 cm³/mol. The van der Waals surface area contributed by atoms with E-state index < -0.39 is 5.97 Å². The second kappa shape index (κ2) is 7.20. The van der Waals surface area contributed by atoms with Gasteiger partial charge in [0.1, 0.15) is 5.75 Å². The van der Waals surface area contributed by atoms with Gasteiger partial charge in [-0.25, -0.2) is 4.79 Å². The summed E-state index contributed by atoms with van der Waals surface area (Å²) in [6.45, 7) is 0. The molecule has 1 aromatic rings. The van der Waals surface area contributed by atoms with Gasteiger partial charge in [0.2, 0.25) is 0 Å². The summed E-state index contributed by atoms with van der Waals surface area (Å²) in [6, 6.07) is 7.14. The van der Waals surface area contributed by atoms with Gasteiger partial charge in [0, 0.05) is 6.08 Å². The summed E-state index contributed by atoms with van der Waals surface area (Å²) in [4.78, 5) is 10.2. The van der Waals surface area contributed by atoms with Gasteiger partial charge in [0.05, 0.1) is 7.11 Å². The SMILES string of the molecule is COc1ccc(C=CC(=O)O)cc1.[KH]. The van der Waals surface area contributed by atoms with Crippen molar-refractivity contribution in [1.82, 2.24) is 0 Å².